The van der Waals surface area contributed by atoms with E-state index < -0.39 is 0 Å². The lowest BCUT2D eigenvalue weighted by Crippen LogP contribution is -2.48. The van der Waals surface area contributed by atoms with Crippen molar-refractivity contribution in [1.29, 1.82) is 5.26 Å². The topological polar surface area (TPSA) is 47.3 Å². The third kappa shape index (κ3) is 2.62. The summed E-state index contributed by atoms with van der Waals surface area (Å²) in [5.74, 6) is 0.131. The third-order valence-electron chi connectivity index (χ3n) is 5.12. The smallest absolute Gasteiger partial charge is 0.224 e. The Labute approximate surface area is 115 Å². The monoisotopic (exact) mass is 261 g/mol. The van der Waals surface area contributed by atoms with Gasteiger partial charge in [-0.05, 0) is 25.7 Å². The molecule has 0 N–H and O–H groups in total. The van der Waals surface area contributed by atoms with Crippen LogP contribution in [0.4, 0.5) is 0 Å². The number of carbonyl (C=O) groups is 1. The summed E-state index contributed by atoms with van der Waals surface area (Å²) in [6.07, 6.45) is 8.14. The summed E-state index contributed by atoms with van der Waals surface area (Å²) in [7, 11) is 0. The summed E-state index contributed by atoms with van der Waals surface area (Å²) in [4.78, 5) is 16.6. The number of piperidine rings is 1. The van der Waals surface area contributed by atoms with E-state index in [1.807, 2.05) is 4.90 Å². The number of likely N-dealkylation sites (tertiary alicyclic amines) is 2. The Morgan fingerprint density at radius 1 is 1.05 bits per heavy atom. The van der Waals surface area contributed by atoms with Crippen molar-refractivity contribution in [3.05, 3.63) is 0 Å². The SMILES string of the molecule is N#CC1CC(=O)N(C2CCN(C3CCCC3)CC2)C1. The fourth-order valence-electron chi connectivity index (χ4n) is 4.00. The summed E-state index contributed by atoms with van der Waals surface area (Å²) in [5.41, 5.74) is 0. The Kier molecular flexibility index (Phi) is 3.74. The molecule has 0 aromatic carbocycles. The molecule has 0 spiro atoms. The Balaban J connectivity index is 1.53. The van der Waals surface area contributed by atoms with Crippen molar-refractivity contribution in [3.8, 4) is 6.07 Å². The van der Waals surface area contributed by atoms with Crippen molar-refractivity contribution in [3.63, 3.8) is 0 Å². The molecule has 2 aliphatic heterocycles. The number of rotatable bonds is 2. The van der Waals surface area contributed by atoms with Crippen LogP contribution >= 0.6 is 0 Å². The van der Waals surface area contributed by atoms with E-state index in [2.05, 4.69) is 11.0 Å². The predicted molar refractivity (Wildman–Crippen MR) is 72.3 cm³/mol. The Morgan fingerprint density at radius 2 is 1.74 bits per heavy atom. The van der Waals surface area contributed by atoms with Crippen LogP contribution in [0.3, 0.4) is 0 Å². The normalized spacial score (nSPS) is 31.0. The van der Waals surface area contributed by atoms with Crippen LogP contribution in [0.1, 0.15) is 44.9 Å². The highest BCUT2D eigenvalue weighted by Gasteiger charge is 2.36. The Hall–Kier alpha value is -1.08. The van der Waals surface area contributed by atoms with Gasteiger partial charge in [-0.15, -0.1) is 0 Å². The van der Waals surface area contributed by atoms with Gasteiger partial charge in [-0.25, -0.2) is 0 Å². The molecule has 1 aliphatic carbocycles. The summed E-state index contributed by atoms with van der Waals surface area (Å²) in [6, 6.07) is 3.44. The lowest BCUT2D eigenvalue weighted by molar-refractivity contribution is -0.130. The molecule has 1 saturated carbocycles. The second-order valence-electron chi connectivity index (χ2n) is 6.28. The zero-order chi connectivity index (χ0) is 13.2. The number of hydrogen-bond donors (Lipinski definition) is 0. The fourth-order valence-corrected chi connectivity index (χ4v) is 4.00. The molecule has 3 aliphatic rings. The molecule has 2 heterocycles. The Morgan fingerprint density at radius 3 is 2.32 bits per heavy atom. The second-order valence-corrected chi connectivity index (χ2v) is 6.28. The van der Waals surface area contributed by atoms with Crippen molar-refractivity contribution in [2.75, 3.05) is 19.6 Å². The zero-order valence-corrected chi connectivity index (χ0v) is 11.6. The van der Waals surface area contributed by atoms with Crippen molar-refractivity contribution in [2.24, 2.45) is 5.92 Å². The van der Waals surface area contributed by atoms with Gasteiger partial charge in [0, 0.05) is 38.1 Å². The van der Waals surface area contributed by atoms with E-state index >= 15 is 0 Å². The molecular weight excluding hydrogens is 238 g/mol. The lowest BCUT2D eigenvalue weighted by atomic mass is 10.0. The molecule has 1 atom stereocenters. The van der Waals surface area contributed by atoms with Crippen LogP contribution in [0.15, 0.2) is 0 Å². The molecule has 2 saturated heterocycles. The van der Waals surface area contributed by atoms with E-state index in [-0.39, 0.29) is 11.8 Å². The molecule has 0 aromatic heterocycles. The van der Waals surface area contributed by atoms with Crippen molar-refractivity contribution in [2.45, 2.75) is 57.0 Å². The standard InChI is InChI=1S/C15H23N3O/c16-10-12-9-15(19)18(11-12)14-5-7-17(8-6-14)13-3-1-2-4-13/h12-14H,1-9,11H2. The van der Waals surface area contributed by atoms with Crippen molar-refractivity contribution in [1.82, 2.24) is 9.80 Å². The van der Waals surface area contributed by atoms with E-state index in [4.69, 9.17) is 5.26 Å². The highest BCUT2D eigenvalue weighted by atomic mass is 16.2. The average Bonchev–Trinajstić information content (AvgIpc) is 3.08. The maximum absolute atomic E-state index is 11.9. The van der Waals surface area contributed by atoms with E-state index in [9.17, 15) is 4.79 Å². The third-order valence-corrected chi connectivity index (χ3v) is 5.12. The number of hydrogen-bond acceptors (Lipinski definition) is 3. The zero-order valence-electron chi connectivity index (χ0n) is 11.6. The van der Waals surface area contributed by atoms with Gasteiger partial charge in [0.15, 0.2) is 0 Å². The van der Waals surface area contributed by atoms with E-state index in [1.165, 1.54) is 25.7 Å². The van der Waals surface area contributed by atoms with E-state index in [1.54, 1.807) is 0 Å². The van der Waals surface area contributed by atoms with Gasteiger partial charge in [0.2, 0.25) is 5.91 Å². The lowest BCUT2D eigenvalue weighted by Gasteiger charge is -2.39. The molecule has 4 nitrogen and oxygen atoms in total. The van der Waals surface area contributed by atoms with Crippen molar-refractivity contribution < 1.29 is 4.79 Å². The molecular formula is C15H23N3O. The van der Waals surface area contributed by atoms with Crippen LogP contribution in [0.2, 0.25) is 0 Å². The van der Waals surface area contributed by atoms with Gasteiger partial charge in [-0.3, -0.25) is 4.79 Å². The number of carbonyl (C=O) groups excluding carboxylic acids is 1. The van der Waals surface area contributed by atoms with Gasteiger partial charge < -0.3 is 9.80 Å². The molecule has 3 fully saturated rings. The number of amides is 1. The maximum atomic E-state index is 11.9. The first-order valence-electron chi connectivity index (χ1n) is 7.71. The number of nitrogens with zero attached hydrogens (tertiary/aromatic N) is 3. The summed E-state index contributed by atoms with van der Waals surface area (Å²) >= 11 is 0. The fraction of sp³-hybridized carbons (Fsp3) is 0.867. The quantitative estimate of drug-likeness (QED) is 0.761. The van der Waals surface area contributed by atoms with Crippen LogP contribution in [-0.4, -0.2) is 47.4 Å². The molecule has 0 radical (unpaired) electrons. The molecule has 0 aromatic rings. The van der Waals surface area contributed by atoms with Crippen LogP contribution in [-0.2, 0) is 4.79 Å². The molecule has 0 bridgehead atoms. The van der Waals surface area contributed by atoms with Gasteiger partial charge in [0.05, 0.1) is 12.0 Å². The summed E-state index contributed by atoms with van der Waals surface area (Å²) < 4.78 is 0. The Bertz CT molecular complexity index is 375. The second kappa shape index (κ2) is 5.50. The van der Waals surface area contributed by atoms with Gasteiger partial charge >= 0.3 is 0 Å². The molecule has 104 valence electrons. The van der Waals surface area contributed by atoms with Gasteiger partial charge in [-0.1, -0.05) is 12.8 Å². The minimum absolute atomic E-state index is 0.0691. The average molecular weight is 261 g/mol. The summed E-state index contributed by atoms with van der Waals surface area (Å²) in [6.45, 7) is 2.94. The van der Waals surface area contributed by atoms with E-state index in [0.717, 1.165) is 32.0 Å². The predicted octanol–water partition coefficient (Wildman–Crippen LogP) is 1.77. The first-order chi connectivity index (χ1) is 9.28. The largest absolute Gasteiger partial charge is 0.338 e. The first kappa shape index (κ1) is 12.9. The van der Waals surface area contributed by atoms with Gasteiger partial charge in [-0.2, -0.15) is 5.26 Å². The minimum atomic E-state index is -0.0691. The molecule has 19 heavy (non-hydrogen) atoms. The highest BCUT2D eigenvalue weighted by Crippen LogP contribution is 2.29. The van der Waals surface area contributed by atoms with Crippen LogP contribution in [0.5, 0.6) is 0 Å². The number of nitriles is 1. The maximum Gasteiger partial charge on any atom is 0.224 e. The minimum Gasteiger partial charge on any atom is -0.338 e. The van der Waals surface area contributed by atoms with Crippen LogP contribution in [0, 0.1) is 17.2 Å². The van der Waals surface area contributed by atoms with Crippen molar-refractivity contribution >= 4 is 5.91 Å². The van der Waals surface area contributed by atoms with Gasteiger partial charge in [0.25, 0.3) is 0 Å². The highest BCUT2D eigenvalue weighted by molar-refractivity contribution is 5.79. The van der Waals surface area contributed by atoms with Crippen LogP contribution < -0.4 is 0 Å². The summed E-state index contributed by atoms with van der Waals surface area (Å²) in [5, 5.41) is 8.95. The van der Waals surface area contributed by atoms with Gasteiger partial charge in [0.1, 0.15) is 0 Å². The molecule has 3 rings (SSSR count). The molecule has 1 amide bonds. The van der Waals surface area contributed by atoms with E-state index in [0.29, 0.717) is 19.0 Å². The first-order valence-corrected chi connectivity index (χ1v) is 7.71. The van der Waals surface area contributed by atoms with Crippen LogP contribution in [0.25, 0.3) is 0 Å². The molecule has 1 unspecified atom stereocenters. The molecule has 4 heteroatoms.